The summed E-state index contributed by atoms with van der Waals surface area (Å²) in [5.74, 6) is 0.852. The van der Waals surface area contributed by atoms with E-state index >= 15 is 0 Å². The van der Waals surface area contributed by atoms with Gasteiger partial charge < -0.3 is 19.7 Å². The van der Waals surface area contributed by atoms with Crippen LogP contribution in [-0.2, 0) is 16.1 Å². The molecule has 0 saturated carbocycles. The summed E-state index contributed by atoms with van der Waals surface area (Å²) < 4.78 is 10.8. The van der Waals surface area contributed by atoms with Crippen molar-refractivity contribution in [1.29, 1.82) is 0 Å². The normalized spacial score (nSPS) is 12.6. The molecular weight excluding hydrogens is 368 g/mol. The van der Waals surface area contributed by atoms with Gasteiger partial charge in [0, 0.05) is 12.6 Å². The van der Waals surface area contributed by atoms with Crippen LogP contribution >= 0.6 is 0 Å². The van der Waals surface area contributed by atoms with Crippen molar-refractivity contribution in [3.63, 3.8) is 0 Å². The van der Waals surface area contributed by atoms with Crippen LogP contribution in [0.15, 0.2) is 54.6 Å². The van der Waals surface area contributed by atoms with Gasteiger partial charge in [0.15, 0.2) is 6.61 Å². The third-order valence-corrected chi connectivity index (χ3v) is 4.79. The van der Waals surface area contributed by atoms with Gasteiger partial charge in [0.25, 0.3) is 5.91 Å². The van der Waals surface area contributed by atoms with Crippen LogP contribution in [0.3, 0.4) is 0 Å². The summed E-state index contributed by atoms with van der Waals surface area (Å²) in [7, 11) is 1.59. The summed E-state index contributed by atoms with van der Waals surface area (Å²) in [5.41, 5.74) is 0.952. The maximum Gasteiger partial charge on any atom is 0.261 e. The van der Waals surface area contributed by atoms with E-state index in [0.29, 0.717) is 18.0 Å². The molecule has 0 bridgehead atoms. The molecule has 0 fully saturated rings. The fourth-order valence-corrected chi connectivity index (χ4v) is 2.73. The van der Waals surface area contributed by atoms with Crippen molar-refractivity contribution in [2.24, 2.45) is 0 Å². The van der Waals surface area contributed by atoms with Crippen molar-refractivity contribution in [3.8, 4) is 11.5 Å². The molecule has 2 amide bonds. The highest BCUT2D eigenvalue weighted by Gasteiger charge is 2.27. The molecular formula is C23H30N2O4. The molecule has 1 N–H and O–H groups in total. The Kier molecular flexibility index (Phi) is 8.52. The van der Waals surface area contributed by atoms with E-state index in [9.17, 15) is 9.59 Å². The molecule has 0 aliphatic rings. The Morgan fingerprint density at radius 1 is 1.00 bits per heavy atom. The second kappa shape index (κ2) is 11.1. The topological polar surface area (TPSA) is 67.9 Å². The highest BCUT2D eigenvalue weighted by Crippen LogP contribution is 2.17. The Morgan fingerprint density at radius 3 is 2.21 bits per heavy atom. The second-order valence-electron chi connectivity index (χ2n) is 6.97. The van der Waals surface area contributed by atoms with E-state index in [1.54, 1.807) is 43.2 Å². The molecule has 0 spiro atoms. The molecule has 0 aliphatic carbocycles. The van der Waals surface area contributed by atoms with E-state index in [2.05, 4.69) is 5.32 Å². The number of amides is 2. The Bertz CT molecular complexity index is 777. The van der Waals surface area contributed by atoms with E-state index in [0.717, 1.165) is 12.0 Å². The number of benzene rings is 2. The van der Waals surface area contributed by atoms with Gasteiger partial charge in [-0.2, -0.15) is 0 Å². The van der Waals surface area contributed by atoms with Crippen LogP contribution in [0.5, 0.6) is 11.5 Å². The summed E-state index contributed by atoms with van der Waals surface area (Å²) in [6.45, 7) is 5.87. The quantitative estimate of drug-likeness (QED) is 0.666. The number of hydrogen-bond acceptors (Lipinski definition) is 4. The molecule has 0 unspecified atom stereocenters. The smallest absolute Gasteiger partial charge is 0.261 e. The minimum Gasteiger partial charge on any atom is -0.497 e. The molecule has 2 rings (SSSR count). The molecule has 2 aromatic rings. The third-order valence-electron chi connectivity index (χ3n) is 4.79. The fraction of sp³-hybridized carbons (Fsp3) is 0.391. The summed E-state index contributed by atoms with van der Waals surface area (Å²) in [6, 6.07) is 16.1. The standard InChI is InChI=1S/C23H30N2O4/c1-5-17(2)24-23(27)18(3)25(15-19-9-7-6-8-10-19)22(26)16-29-21-13-11-20(28-4)12-14-21/h6-14,17-18H,5,15-16H2,1-4H3,(H,24,27)/t17-,18+/m0/s1. The fourth-order valence-electron chi connectivity index (χ4n) is 2.73. The van der Waals surface area contributed by atoms with Crippen molar-refractivity contribution in [2.75, 3.05) is 13.7 Å². The maximum absolute atomic E-state index is 12.9. The summed E-state index contributed by atoms with van der Waals surface area (Å²) in [6.07, 6.45) is 0.825. The zero-order valence-electron chi connectivity index (χ0n) is 17.6. The second-order valence-corrected chi connectivity index (χ2v) is 6.97. The van der Waals surface area contributed by atoms with Crippen LogP contribution in [0.2, 0.25) is 0 Å². The highest BCUT2D eigenvalue weighted by atomic mass is 16.5. The number of carbonyl (C=O) groups is 2. The zero-order chi connectivity index (χ0) is 21.2. The van der Waals surface area contributed by atoms with Gasteiger partial charge in [-0.1, -0.05) is 37.3 Å². The van der Waals surface area contributed by atoms with Gasteiger partial charge in [0.2, 0.25) is 5.91 Å². The van der Waals surface area contributed by atoms with E-state index < -0.39 is 6.04 Å². The number of methoxy groups -OCH3 is 1. The summed E-state index contributed by atoms with van der Waals surface area (Å²) in [5, 5.41) is 2.95. The first kappa shape index (κ1) is 22.3. The highest BCUT2D eigenvalue weighted by molar-refractivity contribution is 5.88. The van der Waals surface area contributed by atoms with Gasteiger partial charge in [0.05, 0.1) is 7.11 Å². The minimum absolute atomic E-state index is 0.0502. The molecule has 6 nitrogen and oxygen atoms in total. The largest absolute Gasteiger partial charge is 0.497 e. The van der Waals surface area contributed by atoms with Gasteiger partial charge in [0.1, 0.15) is 17.5 Å². The van der Waals surface area contributed by atoms with Crippen molar-refractivity contribution in [2.45, 2.75) is 45.8 Å². The predicted molar refractivity (Wildman–Crippen MR) is 113 cm³/mol. The average Bonchev–Trinajstić information content (AvgIpc) is 2.76. The Balaban J connectivity index is 2.09. The summed E-state index contributed by atoms with van der Waals surface area (Å²) >= 11 is 0. The number of nitrogens with zero attached hydrogens (tertiary/aromatic N) is 1. The van der Waals surface area contributed by atoms with Crippen LogP contribution in [0.4, 0.5) is 0 Å². The first-order valence-corrected chi connectivity index (χ1v) is 9.85. The van der Waals surface area contributed by atoms with Crippen LogP contribution in [0.1, 0.15) is 32.8 Å². The Labute approximate surface area is 172 Å². The van der Waals surface area contributed by atoms with E-state index in [1.165, 1.54) is 0 Å². The summed E-state index contributed by atoms with van der Waals surface area (Å²) in [4.78, 5) is 27.1. The SMILES string of the molecule is CC[C@H](C)NC(=O)[C@@H](C)N(Cc1ccccc1)C(=O)COc1ccc(OC)cc1. The lowest BCUT2D eigenvalue weighted by Gasteiger charge is -2.29. The lowest BCUT2D eigenvalue weighted by atomic mass is 10.1. The number of hydrogen-bond donors (Lipinski definition) is 1. The molecule has 2 aromatic carbocycles. The molecule has 29 heavy (non-hydrogen) atoms. The van der Waals surface area contributed by atoms with Crippen molar-refractivity contribution < 1.29 is 19.1 Å². The molecule has 0 radical (unpaired) electrons. The van der Waals surface area contributed by atoms with Crippen molar-refractivity contribution in [3.05, 3.63) is 60.2 Å². The third kappa shape index (κ3) is 6.82. The van der Waals surface area contributed by atoms with Gasteiger partial charge in [-0.05, 0) is 50.1 Å². The van der Waals surface area contributed by atoms with Gasteiger partial charge in [-0.3, -0.25) is 9.59 Å². The number of ether oxygens (including phenoxy) is 2. The van der Waals surface area contributed by atoms with Gasteiger partial charge in [-0.25, -0.2) is 0 Å². The molecule has 0 aromatic heterocycles. The van der Waals surface area contributed by atoms with E-state index in [-0.39, 0.29) is 24.5 Å². The lowest BCUT2D eigenvalue weighted by Crippen LogP contribution is -2.50. The number of nitrogens with one attached hydrogen (secondary N) is 1. The first-order chi connectivity index (χ1) is 13.9. The van der Waals surface area contributed by atoms with Crippen molar-refractivity contribution in [1.82, 2.24) is 10.2 Å². The van der Waals surface area contributed by atoms with E-state index in [4.69, 9.17) is 9.47 Å². The number of carbonyl (C=O) groups excluding carboxylic acids is 2. The minimum atomic E-state index is -0.615. The van der Waals surface area contributed by atoms with E-state index in [1.807, 2.05) is 44.2 Å². The average molecular weight is 399 g/mol. The van der Waals surface area contributed by atoms with Gasteiger partial charge in [-0.15, -0.1) is 0 Å². The molecule has 2 atom stereocenters. The maximum atomic E-state index is 12.9. The lowest BCUT2D eigenvalue weighted by molar-refractivity contribution is -0.142. The Morgan fingerprint density at radius 2 is 1.62 bits per heavy atom. The van der Waals surface area contributed by atoms with Crippen molar-refractivity contribution >= 4 is 11.8 Å². The molecule has 0 aliphatic heterocycles. The van der Waals surface area contributed by atoms with Crippen LogP contribution in [-0.4, -0.2) is 42.5 Å². The Hall–Kier alpha value is -3.02. The van der Waals surface area contributed by atoms with Crippen LogP contribution in [0.25, 0.3) is 0 Å². The monoisotopic (exact) mass is 398 g/mol. The van der Waals surface area contributed by atoms with Crippen LogP contribution in [0, 0.1) is 0 Å². The predicted octanol–water partition coefficient (Wildman–Crippen LogP) is 3.41. The molecule has 0 heterocycles. The number of rotatable bonds is 10. The molecule has 156 valence electrons. The molecule has 6 heteroatoms. The zero-order valence-corrected chi connectivity index (χ0v) is 17.6. The van der Waals surface area contributed by atoms with Crippen LogP contribution < -0.4 is 14.8 Å². The first-order valence-electron chi connectivity index (χ1n) is 9.85. The van der Waals surface area contributed by atoms with Gasteiger partial charge >= 0.3 is 0 Å². The molecule has 0 saturated heterocycles.